The summed E-state index contributed by atoms with van der Waals surface area (Å²) in [6.45, 7) is 2.31. The van der Waals surface area contributed by atoms with Crippen molar-refractivity contribution in [3.8, 4) is 0 Å². The minimum absolute atomic E-state index is 0.0123. The van der Waals surface area contributed by atoms with Gasteiger partial charge in [0.1, 0.15) is 0 Å². The number of aliphatic hydroxyl groups is 2. The Kier molecular flexibility index (Phi) is 11.7. The number of ether oxygens (including phenoxy) is 3. The Morgan fingerprint density at radius 3 is 2.45 bits per heavy atom. The molecule has 192 valence electrons. The summed E-state index contributed by atoms with van der Waals surface area (Å²) in [4.78, 5) is 11.2. The fraction of sp³-hybridized carbons (Fsp3) is 0.880. The van der Waals surface area contributed by atoms with Gasteiger partial charge in [-0.15, -0.1) is 0 Å². The maximum atomic E-state index is 15.2. The summed E-state index contributed by atoms with van der Waals surface area (Å²) in [6, 6.07) is 0. The lowest BCUT2D eigenvalue weighted by Gasteiger charge is -2.37. The number of allylic oxidation sites excluding steroid dienone is 2. The SMILES string of the molecule is CCCCCCC(F)(F)C1(CCC2C(O)CC(O)[C@@H]2C/C=C\CCCC(=O)OC)OCCO1. The van der Waals surface area contributed by atoms with Crippen molar-refractivity contribution in [2.24, 2.45) is 11.8 Å². The van der Waals surface area contributed by atoms with E-state index < -0.39 is 23.9 Å². The molecule has 8 heteroatoms. The van der Waals surface area contributed by atoms with Gasteiger partial charge >= 0.3 is 11.9 Å². The zero-order chi connectivity index (χ0) is 24.3. The van der Waals surface area contributed by atoms with E-state index in [0.717, 1.165) is 19.3 Å². The van der Waals surface area contributed by atoms with Crippen molar-refractivity contribution in [3.63, 3.8) is 0 Å². The Balaban J connectivity index is 1.92. The van der Waals surface area contributed by atoms with Crippen LogP contribution in [-0.4, -0.2) is 60.4 Å². The normalized spacial score (nSPS) is 27.5. The van der Waals surface area contributed by atoms with E-state index in [0.29, 0.717) is 38.5 Å². The third kappa shape index (κ3) is 7.98. The molecule has 2 rings (SSSR count). The van der Waals surface area contributed by atoms with Gasteiger partial charge in [-0.1, -0.05) is 38.3 Å². The molecular weight excluding hydrogens is 434 g/mol. The van der Waals surface area contributed by atoms with Gasteiger partial charge in [0.2, 0.25) is 5.79 Å². The minimum Gasteiger partial charge on any atom is -0.469 e. The first-order valence-electron chi connectivity index (χ1n) is 12.5. The molecule has 0 radical (unpaired) electrons. The molecule has 6 nitrogen and oxygen atoms in total. The van der Waals surface area contributed by atoms with Gasteiger partial charge in [0.15, 0.2) is 0 Å². The monoisotopic (exact) mass is 476 g/mol. The molecule has 4 atom stereocenters. The summed E-state index contributed by atoms with van der Waals surface area (Å²) in [6.07, 6.45) is 8.08. The summed E-state index contributed by atoms with van der Waals surface area (Å²) in [5.74, 6) is -5.81. The number of halogens is 2. The van der Waals surface area contributed by atoms with E-state index in [4.69, 9.17) is 9.47 Å². The standard InChI is InChI=1S/C25H42F2O6/c1-3-4-5-10-14-24(26,27)25(32-16-17-33-25)15-13-20-19(21(28)18-22(20)29)11-8-6-7-9-12-23(30)31-2/h6,8,19-22,28-29H,3-5,7,9-18H2,1-2H3/b8-6-/t19-,20?,21?,22?/m1/s1. The summed E-state index contributed by atoms with van der Waals surface area (Å²) in [5, 5.41) is 21.0. The average molecular weight is 477 g/mol. The number of carbonyl (C=O) groups excluding carboxylic acids is 1. The van der Waals surface area contributed by atoms with Crippen molar-refractivity contribution >= 4 is 5.97 Å². The molecule has 1 aliphatic heterocycles. The highest BCUT2D eigenvalue weighted by Gasteiger charge is 2.58. The van der Waals surface area contributed by atoms with Crippen LogP contribution in [0.1, 0.15) is 84.0 Å². The van der Waals surface area contributed by atoms with Gasteiger partial charge in [-0.05, 0) is 50.4 Å². The van der Waals surface area contributed by atoms with Crippen LogP contribution in [-0.2, 0) is 19.0 Å². The molecule has 1 aliphatic carbocycles. The number of methoxy groups -OCH3 is 1. The molecular formula is C25H42F2O6. The second-order valence-corrected chi connectivity index (χ2v) is 9.38. The molecule has 1 saturated carbocycles. The van der Waals surface area contributed by atoms with Gasteiger partial charge in [0.25, 0.3) is 0 Å². The Morgan fingerprint density at radius 1 is 1.09 bits per heavy atom. The van der Waals surface area contributed by atoms with Crippen LogP contribution in [0.2, 0.25) is 0 Å². The topological polar surface area (TPSA) is 85.2 Å². The molecule has 0 aromatic heterocycles. The average Bonchev–Trinajstić information content (AvgIpc) is 3.37. The van der Waals surface area contributed by atoms with Gasteiger partial charge in [0.05, 0.1) is 32.5 Å². The third-order valence-electron chi connectivity index (χ3n) is 7.04. The van der Waals surface area contributed by atoms with Crippen LogP contribution in [0.5, 0.6) is 0 Å². The number of hydrogen-bond acceptors (Lipinski definition) is 6. The molecule has 0 amide bonds. The number of rotatable bonds is 15. The molecule has 1 heterocycles. The van der Waals surface area contributed by atoms with E-state index >= 15 is 8.78 Å². The van der Waals surface area contributed by atoms with E-state index in [1.165, 1.54) is 7.11 Å². The van der Waals surface area contributed by atoms with Gasteiger partial charge in [-0.3, -0.25) is 4.79 Å². The van der Waals surface area contributed by atoms with Crippen LogP contribution in [0, 0.1) is 11.8 Å². The number of alkyl halides is 2. The lowest BCUT2D eigenvalue weighted by atomic mass is 9.84. The van der Waals surface area contributed by atoms with Crippen LogP contribution in [0.25, 0.3) is 0 Å². The van der Waals surface area contributed by atoms with Crippen molar-refractivity contribution in [3.05, 3.63) is 12.2 Å². The summed E-state index contributed by atoms with van der Waals surface area (Å²) in [7, 11) is 1.36. The van der Waals surface area contributed by atoms with Crippen molar-refractivity contribution in [2.75, 3.05) is 20.3 Å². The molecule has 2 aliphatic rings. The number of carbonyl (C=O) groups is 1. The first-order chi connectivity index (χ1) is 15.8. The zero-order valence-electron chi connectivity index (χ0n) is 20.1. The fourth-order valence-corrected chi connectivity index (χ4v) is 5.06. The second-order valence-electron chi connectivity index (χ2n) is 9.38. The Bertz CT molecular complexity index is 606. The maximum Gasteiger partial charge on any atom is 0.305 e. The highest BCUT2D eigenvalue weighted by atomic mass is 19.3. The Morgan fingerprint density at radius 2 is 1.79 bits per heavy atom. The number of hydrogen-bond donors (Lipinski definition) is 2. The van der Waals surface area contributed by atoms with Crippen LogP contribution in [0.15, 0.2) is 12.2 Å². The van der Waals surface area contributed by atoms with Crippen LogP contribution < -0.4 is 0 Å². The first kappa shape index (κ1) is 28.1. The molecule has 2 fully saturated rings. The summed E-state index contributed by atoms with van der Waals surface area (Å²) >= 11 is 0. The molecule has 1 saturated heterocycles. The predicted molar refractivity (Wildman–Crippen MR) is 121 cm³/mol. The molecule has 3 unspecified atom stereocenters. The van der Waals surface area contributed by atoms with Crippen molar-refractivity contribution in [1.29, 1.82) is 0 Å². The molecule has 0 aromatic carbocycles. The number of esters is 1. The van der Waals surface area contributed by atoms with Crippen LogP contribution in [0.3, 0.4) is 0 Å². The van der Waals surface area contributed by atoms with Crippen LogP contribution in [0.4, 0.5) is 8.78 Å². The number of aliphatic hydroxyl groups excluding tert-OH is 2. The zero-order valence-corrected chi connectivity index (χ0v) is 20.1. The lowest BCUT2D eigenvalue weighted by molar-refractivity contribution is -0.297. The quantitative estimate of drug-likeness (QED) is 0.201. The van der Waals surface area contributed by atoms with Crippen molar-refractivity contribution in [2.45, 2.75) is 108 Å². The third-order valence-corrected chi connectivity index (χ3v) is 7.04. The fourth-order valence-electron chi connectivity index (χ4n) is 5.06. The Labute approximate surface area is 196 Å². The van der Waals surface area contributed by atoms with Crippen molar-refractivity contribution in [1.82, 2.24) is 0 Å². The van der Waals surface area contributed by atoms with Crippen LogP contribution >= 0.6 is 0 Å². The molecule has 0 spiro atoms. The van der Waals surface area contributed by atoms with E-state index in [1.807, 2.05) is 19.1 Å². The predicted octanol–water partition coefficient (Wildman–Crippen LogP) is 4.76. The van der Waals surface area contributed by atoms with Crippen molar-refractivity contribution < 1.29 is 38.0 Å². The van der Waals surface area contributed by atoms with Gasteiger partial charge < -0.3 is 24.4 Å². The second kappa shape index (κ2) is 13.7. The lowest BCUT2D eigenvalue weighted by Crippen LogP contribution is -2.49. The maximum absolute atomic E-state index is 15.2. The highest BCUT2D eigenvalue weighted by Crippen LogP contribution is 2.46. The van der Waals surface area contributed by atoms with E-state index in [9.17, 15) is 15.0 Å². The summed E-state index contributed by atoms with van der Waals surface area (Å²) < 4.78 is 45.9. The Hall–Kier alpha value is -1.09. The van der Waals surface area contributed by atoms with E-state index in [2.05, 4.69) is 4.74 Å². The van der Waals surface area contributed by atoms with Gasteiger partial charge in [-0.2, -0.15) is 0 Å². The molecule has 0 aromatic rings. The van der Waals surface area contributed by atoms with Gasteiger partial charge in [0, 0.05) is 19.3 Å². The molecule has 2 N–H and O–H groups in total. The van der Waals surface area contributed by atoms with E-state index in [-0.39, 0.29) is 50.3 Å². The molecule has 0 bridgehead atoms. The first-order valence-corrected chi connectivity index (χ1v) is 12.5. The smallest absolute Gasteiger partial charge is 0.305 e. The number of unbranched alkanes of at least 4 members (excludes halogenated alkanes) is 4. The largest absolute Gasteiger partial charge is 0.469 e. The highest BCUT2D eigenvalue weighted by molar-refractivity contribution is 5.69. The summed E-state index contributed by atoms with van der Waals surface area (Å²) in [5.41, 5.74) is 0. The van der Waals surface area contributed by atoms with Gasteiger partial charge in [-0.25, -0.2) is 8.78 Å². The molecule has 33 heavy (non-hydrogen) atoms. The minimum atomic E-state index is -3.10. The van der Waals surface area contributed by atoms with E-state index in [1.54, 1.807) is 0 Å².